The monoisotopic (exact) mass is 396 g/mol. The topological polar surface area (TPSA) is 61.0 Å². The van der Waals surface area contributed by atoms with Gasteiger partial charge in [0.15, 0.2) is 5.69 Å². The Labute approximate surface area is 159 Å². The summed E-state index contributed by atoms with van der Waals surface area (Å²) in [6.07, 6.45) is -4.24. The second-order valence-corrected chi connectivity index (χ2v) is 7.26. The number of amides is 1. The van der Waals surface area contributed by atoms with E-state index in [-0.39, 0.29) is 37.4 Å². The molecule has 5 nitrogen and oxygen atoms in total. The fourth-order valence-electron chi connectivity index (χ4n) is 4.01. The van der Waals surface area contributed by atoms with Crippen molar-refractivity contribution in [1.29, 1.82) is 0 Å². The lowest BCUT2D eigenvalue weighted by Crippen LogP contribution is -2.44. The van der Waals surface area contributed by atoms with Crippen molar-refractivity contribution in [1.82, 2.24) is 20.4 Å². The quantitative estimate of drug-likeness (QED) is 0.767. The van der Waals surface area contributed by atoms with E-state index < -0.39 is 17.4 Å². The van der Waals surface area contributed by atoms with Crippen LogP contribution < -0.4 is 5.32 Å². The van der Waals surface area contributed by atoms with E-state index in [9.17, 15) is 18.0 Å². The van der Waals surface area contributed by atoms with Crippen LogP contribution in [0.4, 0.5) is 17.6 Å². The Bertz CT molecular complexity index is 884. The fourth-order valence-corrected chi connectivity index (χ4v) is 4.01. The summed E-state index contributed by atoms with van der Waals surface area (Å²) >= 11 is 0. The number of fused-ring (bicyclic) bond motifs is 1. The van der Waals surface area contributed by atoms with Crippen molar-refractivity contribution in [2.45, 2.75) is 37.7 Å². The maximum Gasteiger partial charge on any atom is 0.416 e. The summed E-state index contributed by atoms with van der Waals surface area (Å²) in [5.74, 6) is -0.313. The maximum absolute atomic E-state index is 15.5. The highest BCUT2D eigenvalue weighted by Crippen LogP contribution is 2.43. The van der Waals surface area contributed by atoms with Gasteiger partial charge in [0, 0.05) is 62.3 Å². The molecule has 2 N–H and O–H groups in total. The highest BCUT2D eigenvalue weighted by atomic mass is 19.4. The molecule has 2 aliphatic heterocycles. The molecule has 0 saturated carbocycles. The van der Waals surface area contributed by atoms with Gasteiger partial charge in [-0.2, -0.15) is 18.3 Å². The molecule has 0 spiro atoms. The molecule has 0 bridgehead atoms. The molecule has 1 aromatic carbocycles. The first-order chi connectivity index (χ1) is 13.3. The Kier molecular flexibility index (Phi) is 4.65. The van der Waals surface area contributed by atoms with Crippen LogP contribution in [-0.2, 0) is 24.8 Å². The van der Waals surface area contributed by atoms with E-state index >= 15 is 4.39 Å². The van der Waals surface area contributed by atoms with Crippen molar-refractivity contribution in [2.24, 2.45) is 0 Å². The van der Waals surface area contributed by atoms with E-state index in [1.165, 1.54) is 23.1 Å². The highest BCUT2D eigenvalue weighted by Gasteiger charge is 2.44. The first-order valence-corrected chi connectivity index (χ1v) is 9.21. The molecule has 0 radical (unpaired) electrons. The van der Waals surface area contributed by atoms with Crippen LogP contribution in [-0.4, -0.2) is 40.6 Å². The van der Waals surface area contributed by atoms with Gasteiger partial charge in [-0.05, 0) is 6.07 Å². The van der Waals surface area contributed by atoms with Crippen LogP contribution in [0.1, 0.15) is 45.7 Å². The van der Waals surface area contributed by atoms with Crippen LogP contribution in [0.3, 0.4) is 0 Å². The third-order valence-corrected chi connectivity index (χ3v) is 5.57. The molecule has 150 valence electrons. The van der Waals surface area contributed by atoms with Crippen molar-refractivity contribution >= 4 is 5.91 Å². The Morgan fingerprint density at radius 3 is 2.61 bits per heavy atom. The molecule has 1 fully saturated rings. The molecule has 3 heterocycles. The number of aromatic amines is 1. The Morgan fingerprint density at radius 2 is 1.89 bits per heavy atom. The molecule has 2 aromatic rings. The molecule has 28 heavy (non-hydrogen) atoms. The van der Waals surface area contributed by atoms with Crippen molar-refractivity contribution < 1.29 is 22.4 Å². The van der Waals surface area contributed by atoms with E-state index in [1.54, 1.807) is 0 Å². The Balaban J connectivity index is 1.52. The summed E-state index contributed by atoms with van der Waals surface area (Å²) in [5.41, 5.74) is -1.38. The van der Waals surface area contributed by atoms with E-state index in [4.69, 9.17) is 0 Å². The van der Waals surface area contributed by atoms with E-state index in [0.29, 0.717) is 12.2 Å². The third kappa shape index (κ3) is 3.28. The molecule has 9 heteroatoms. The van der Waals surface area contributed by atoms with Crippen molar-refractivity contribution in [3.63, 3.8) is 0 Å². The molecule has 2 aliphatic rings. The lowest BCUT2D eigenvalue weighted by Gasteiger charge is -2.37. The first-order valence-electron chi connectivity index (χ1n) is 9.21. The number of alkyl halides is 4. The zero-order valence-corrected chi connectivity index (χ0v) is 15.1. The number of carbonyl (C=O) groups excluding carboxylic acids is 1. The van der Waals surface area contributed by atoms with Gasteiger partial charge in [-0.3, -0.25) is 9.89 Å². The van der Waals surface area contributed by atoms with Crippen LogP contribution >= 0.6 is 0 Å². The van der Waals surface area contributed by atoms with Crippen LogP contribution in [0.15, 0.2) is 24.3 Å². The molecule has 0 aliphatic carbocycles. The molecule has 0 unspecified atom stereocenters. The summed E-state index contributed by atoms with van der Waals surface area (Å²) in [6, 6.07) is 4.75. The average Bonchev–Trinajstić information content (AvgIpc) is 3.11. The van der Waals surface area contributed by atoms with Crippen LogP contribution in [0.5, 0.6) is 0 Å². The number of nitrogens with one attached hydrogen (secondary N) is 2. The highest BCUT2D eigenvalue weighted by molar-refractivity contribution is 5.94. The number of piperidine rings is 1. The molecule has 0 atom stereocenters. The summed E-state index contributed by atoms with van der Waals surface area (Å²) in [4.78, 5) is 14.3. The largest absolute Gasteiger partial charge is 0.416 e. The maximum atomic E-state index is 15.5. The number of halogens is 4. The standard InChI is InChI=1S/C19H20F4N4O/c20-18(13-3-1-2-4-14(13)19(21,22)23)6-9-27(10-7-18)17(28)16-12-11-24-8-5-15(12)25-26-16/h1-4,24H,5-11H2,(H,25,26). The zero-order chi connectivity index (χ0) is 19.9. The van der Waals surface area contributed by atoms with Gasteiger partial charge in [0.25, 0.3) is 5.91 Å². The minimum atomic E-state index is -4.62. The molecule has 4 rings (SSSR count). The van der Waals surface area contributed by atoms with Crippen LogP contribution in [0.25, 0.3) is 0 Å². The van der Waals surface area contributed by atoms with Gasteiger partial charge in [-0.15, -0.1) is 0 Å². The number of hydrogen-bond acceptors (Lipinski definition) is 3. The van der Waals surface area contributed by atoms with Gasteiger partial charge in [0.2, 0.25) is 0 Å². The first kappa shape index (κ1) is 18.9. The van der Waals surface area contributed by atoms with Crippen LogP contribution in [0.2, 0.25) is 0 Å². The summed E-state index contributed by atoms with van der Waals surface area (Å²) < 4.78 is 55.3. The normalized spacial score (nSPS) is 19.4. The summed E-state index contributed by atoms with van der Waals surface area (Å²) in [6.45, 7) is 1.41. The number of likely N-dealkylation sites (tertiary alicyclic amines) is 1. The fraction of sp³-hybridized carbons (Fsp3) is 0.474. The van der Waals surface area contributed by atoms with Gasteiger partial charge in [0.1, 0.15) is 5.67 Å². The minimum absolute atomic E-state index is 0.0383. The molecule has 1 saturated heterocycles. The van der Waals surface area contributed by atoms with Gasteiger partial charge in [-0.25, -0.2) is 4.39 Å². The smallest absolute Gasteiger partial charge is 0.337 e. The van der Waals surface area contributed by atoms with Gasteiger partial charge in [-0.1, -0.05) is 18.2 Å². The number of hydrogen-bond donors (Lipinski definition) is 2. The predicted octanol–water partition coefficient (Wildman–Crippen LogP) is 3.18. The predicted molar refractivity (Wildman–Crippen MR) is 93.4 cm³/mol. The molecular weight excluding hydrogens is 376 g/mol. The van der Waals surface area contributed by atoms with Crippen LogP contribution in [0, 0.1) is 0 Å². The number of aromatic nitrogens is 2. The second-order valence-electron chi connectivity index (χ2n) is 7.26. The number of rotatable bonds is 2. The van der Waals surface area contributed by atoms with Crippen molar-refractivity contribution in [2.75, 3.05) is 19.6 Å². The Morgan fingerprint density at radius 1 is 1.18 bits per heavy atom. The molecular formula is C19H20F4N4O. The van der Waals surface area contributed by atoms with Gasteiger partial charge in [0.05, 0.1) is 5.56 Å². The molecule has 1 aromatic heterocycles. The van der Waals surface area contributed by atoms with Gasteiger partial charge >= 0.3 is 6.18 Å². The molecule has 1 amide bonds. The summed E-state index contributed by atoms with van der Waals surface area (Å²) in [5, 5.41) is 10.2. The number of nitrogens with zero attached hydrogens (tertiary/aromatic N) is 2. The summed E-state index contributed by atoms with van der Waals surface area (Å²) in [7, 11) is 0. The van der Waals surface area contributed by atoms with Gasteiger partial charge < -0.3 is 10.2 Å². The third-order valence-electron chi connectivity index (χ3n) is 5.57. The number of benzene rings is 1. The van der Waals surface area contributed by atoms with Crippen molar-refractivity contribution in [3.05, 3.63) is 52.3 Å². The van der Waals surface area contributed by atoms with E-state index in [0.717, 1.165) is 30.3 Å². The zero-order valence-electron chi connectivity index (χ0n) is 15.1. The van der Waals surface area contributed by atoms with Crippen molar-refractivity contribution in [3.8, 4) is 0 Å². The number of H-pyrrole nitrogens is 1. The van der Waals surface area contributed by atoms with E-state index in [1.807, 2.05) is 0 Å². The second kappa shape index (κ2) is 6.88. The number of carbonyl (C=O) groups is 1. The minimum Gasteiger partial charge on any atom is -0.337 e. The lowest BCUT2D eigenvalue weighted by atomic mass is 9.83. The Hall–Kier alpha value is -2.42. The lowest BCUT2D eigenvalue weighted by molar-refractivity contribution is -0.140. The SMILES string of the molecule is O=C(c1n[nH]c2c1CNCC2)N1CCC(F)(c2ccccc2C(F)(F)F)CC1. The van der Waals surface area contributed by atoms with E-state index in [2.05, 4.69) is 15.5 Å². The average molecular weight is 396 g/mol.